The van der Waals surface area contributed by atoms with E-state index in [-0.39, 0.29) is 0 Å². The van der Waals surface area contributed by atoms with Gasteiger partial charge in [-0.25, -0.2) is 4.99 Å². The van der Waals surface area contributed by atoms with Gasteiger partial charge < -0.3 is 11.5 Å². The molecule has 4 N–H and O–H groups in total. The van der Waals surface area contributed by atoms with Crippen molar-refractivity contribution in [2.45, 2.75) is 20.3 Å². The highest BCUT2D eigenvalue weighted by molar-refractivity contribution is 5.77. The minimum atomic E-state index is 0.534. The molecule has 0 saturated carbocycles. The molecule has 0 aliphatic heterocycles. The van der Waals surface area contributed by atoms with Crippen LogP contribution >= 0.6 is 0 Å². The Morgan fingerprint density at radius 1 is 1.56 bits per heavy atom. The Kier molecular flexibility index (Phi) is 3.51. The lowest BCUT2D eigenvalue weighted by Crippen LogP contribution is -2.04. The number of hydrogen-bond donors (Lipinski definition) is 2. The maximum absolute atomic E-state index is 5.42. The molecule has 3 nitrogen and oxygen atoms in total. The molecule has 0 bridgehead atoms. The van der Waals surface area contributed by atoms with E-state index in [1.165, 1.54) is 0 Å². The smallest absolute Gasteiger partial charge is 0.0958 e. The predicted octanol–water partition coefficient (Wildman–Crippen LogP) is 0.574. The van der Waals surface area contributed by atoms with E-state index in [1.54, 1.807) is 13.1 Å². The van der Waals surface area contributed by atoms with Crippen LogP contribution in [0.25, 0.3) is 0 Å². The highest BCUT2D eigenvalue weighted by Gasteiger charge is 1.79. The van der Waals surface area contributed by atoms with Crippen LogP contribution in [-0.4, -0.2) is 5.84 Å². The second-order valence-electron chi connectivity index (χ2n) is 1.83. The van der Waals surface area contributed by atoms with Crippen molar-refractivity contribution in [3.8, 4) is 0 Å². The van der Waals surface area contributed by atoms with Crippen LogP contribution < -0.4 is 11.5 Å². The Labute approximate surface area is 55.4 Å². The lowest BCUT2D eigenvalue weighted by atomic mass is 10.4. The van der Waals surface area contributed by atoms with Gasteiger partial charge in [-0.15, -0.1) is 0 Å². The third-order valence-electron chi connectivity index (χ3n) is 0.842. The molecule has 0 spiro atoms. The number of rotatable bonds is 2. The van der Waals surface area contributed by atoms with Crippen LogP contribution in [0.3, 0.4) is 0 Å². The summed E-state index contributed by atoms with van der Waals surface area (Å²) in [5.74, 6) is 0.534. The van der Waals surface area contributed by atoms with E-state index in [4.69, 9.17) is 11.5 Å². The van der Waals surface area contributed by atoms with E-state index in [9.17, 15) is 0 Å². The topological polar surface area (TPSA) is 64.4 Å². The van der Waals surface area contributed by atoms with Crippen LogP contribution in [0.5, 0.6) is 0 Å². The summed E-state index contributed by atoms with van der Waals surface area (Å²) in [6.45, 7) is 3.69. The minimum absolute atomic E-state index is 0.534. The van der Waals surface area contributed by atoms with Gasteiger partial charge in [0, 0.05) is 11.9 Å². The summed E-state index contributed by atoms with van der Waals surface area (Å²) >= 11 is 0. The summed E-state index contributed by atoms with van der Waals surface area (Å²) < 4.78 is 0. The molecule has 0 rings (SSSR count). The van der Waals surface area contributed by atoms with Crippen molar-refractivity contribution in [3.05, 3.63) is 11.9 Å². The molecule has 0 aromatic heterocycles. The molecule has 0 aliphatic rings. The van der Waals surface area contributed by atoms with Gasteiger partial charge in [0.05, 0.1) is 5.84 Å². The van der Waals surface area contributed by atoms with Crippen molar-refractivity contribution in [3.63, 3.8) is 0 Å². The van der Waals surface area contributed by atoms with Gasteiger partial charge in [-0.3, -0.25) is 0 Å². The van der Waals surface area contributed by atoms with Gasteiger partial charge in [-0.1, -0.05) is 6.92 Å². The van der Waals surface area contributed by atoms with Gasteiger partial charge >= 0.3 is 0 Å². The summed E-state index contributed by atoms with van der Waals surface area (Å²) in [6, 6.07) is 0. The van der Waals surface area contributed by atoms with Crippen LogP contribution in [0, 0.1) is 0 Å². The summed E-state index contributed by atoms with van der Waals surface area (Å²) in [6.07, 6.45) is 2.39. The van der Waals surface area contributed by atoms with Gasteiger partial charge in [0.25, 0.3) is 0 Å². The zero-order chi connectivity index (χ0) is 7.28. The fourth-order valence-corrected chi connectivity index (χ4v) is 0.276. The first-order valence-corrected chi connectivity index (χ1v) is 2.91. The molecule has 0 aromatic carbocycles. The van der Waals surface area contributed by atoms with Crippen LogP contribution in [0.2, 0.25) is 0 Å². The van der Waals surface area contributed by atoms with Crippen molar-refractivity contribution in [2.75, 3.05) is 0 Å². The van der Waals surface area contributed by atoms with E-state index < -0.39 is 0 Å². The van der Waals surface area contributed by atoms with E-state index >= 15 is 0 Å². The third kappa shape index (κ3) is 4.87. The first-order valence-electron chi connectivity index (χ1n) is 2.91. The SMILES string of the molecule is CC/C(N)=C\N=C(/C)N. The normalized spacial score (nSPS) is 14.0. The van der Waals surface area contributed by atoms with Gasteiger partial charge in [-0.05, 0) is 13.3 Å². The lowest BCUT2D eigenvalue weighted by Gasteiger charge is -1.90. The Balaban J connectivity index is 3.83. The van der Waals surface area contributed by atoms with E-state index in [2.05, 4.69) is 4.99 Å². The maximum Gasteiger partial charge on any atom is 0.0958 e. The molecular weight excluding hydrogens is 114 g/mol. The number of hydrogen-bond acceptors (Lipinski definition) is 2. The first-order chi connectivity index (χ1) is 4.16. The van der Waals surface area contributed by atoms with Crippen LogP contribution in [0.1, 0.15) is 20.3 Å². The van der Waals surface area contributed by atoms with E-state index in [0.717, 1.165) is 12.1 Å². The van der Waals surface area contributed by atoms with Gasteiger partial charge in [-0.2, -0.15) is 0 Å². The molecular formula is C6H13N3. The molecule has 0 aliphatic carbocycles. The first kappa shape index (κ1) is 8.01. The standard InChI is InChI=1S/C6H13N3/c1-3-6(8)4-9-5(2)7/h4H,3,8H2,1-2H3,(H2,7,9)/b6-4+. The molecule has 0 heterocycles. The fourth-order valence-electron chi connectivity index (χ4n) is 0.276. The monoisotopic (exact) mass is 127 g/mol. The van der Waals surface area contributed by atoms with Crippen LogP contribution in [0.4, 0.5) is 0 Å². The summed E-state index contributed by atoms with van der Waals surface area (Å²) in [5, 5.41) is 0. The highest BCUT2D eigenvalue weighted by Crippen LogP contribution is 1.89. The highest BCUT2D eigenvalue weighted by atomic mass is 14.8. The lowest BCUT2D eigenvalue weighted by molar-refractivity contribution is 1.06. The van der Waals surface area contributed by atoms with Crippen LogP contribution in [-0.2, 0) is 0 Å². The third-order valence-corrected chi connectivity index (χ3v) is 0.842. The molecule has 0 fully saturated rings. The Hall–Kier alpha value is -0.990. The van der Waals surface area contributed by atoms with Gasteiger partial charge in [0.2, 0.25) is 0 Å². The fraction of sp³-hybridized carbons (Fsp3) is 0.500. The summed E-state index contributed by atoms with van der Waals surface area (Å²) in [7, 11) is 0. The quantitative estimate of drug-likeness (QED) is 0.421. The zero-order valence-electron chi connectivity index (χ0n) is 5.89. The van der Waals surface area contributed by atoms with E-state index in [0.29, 0.717) is 5.84 Å². The Morgan fingerprint density at radius 3 is 2.44 bits per heavy atom. The summed E-state index contributed by atoms with van der Waals surface area (Å²) in [5.41, 5.74) is 11.4. The van der Waals surface area contributed by atoms with Crippen LogP contribution in [0.15, 0.2) is 16.9 Å². The minimum Gasteiger partial charge on any atom is -0.401 e. The molecule has 0 unspecified atom stereocenters. The zero-order valence-corrected chi connectivity index (χ0v) is 5.89. The van der Waals surface area contributed by atoms with Gasteiger partial charge in [0.1, 0.15) is 0 Å². The molecule has 52 valence electrons. The molecule has 9 heavy (non-hydrogen) atoms. The average molecular weight is 127 g/mol. The largest absolute Gasteiger partial charge is 0.401 e. The second-order valence-corrected chi connectivity index (χ2v) is 1.83. The number of aliphatic imine (C=N–C) groups is 1. The van der Waals surface area contributed by atoms with Crippen molar-refractivity contribution in [1.29, 1.82) is 0 Å². The molecule has 0 atom stereocenters. The van der Waals surface area contributed by atoms with Crippen molar-refractivity contribution in [1.82, 2.24) is 0 Å². The molecule has 0 aromatic rings. The Bertz CT molecular complexity index is 131. The van der Waals surface area contributed by atoms with Crippen molar-refractivity contribution < 1.29 is 0 Å². The molecule has 0 radical (unpaired) electrons. The maximum atomic E-state index is 5.42. The molecule has 3 heteroatoms. The average Bonchev–Trinajstić information content (AvgIpc) is 1.83. The molecule has 0 amide bonds. The number of nitrogens with zero attached hydrogens (tertiary/aromatic N) is 1. The van der Waals surface area contributed by atoms with Crippen molar-refractivity contribution in [2.24, 2.45) is 16.5 Å². The number of allylic oxidation sites excluding steroid dienone is 1. The number of amidine groups is 1. The second kappa shape index (κ2) is 3.95. The molecule has 0 saturated heterocycles. The Morgan fingerprint density at radius 2 is 2.11 bits per heavy atom. The number of nitrogens with two attached hydrogens (primary N) is 2. The van der Waals surface area contributed by atoms with Crippen molar-refractivity contribution >= 4 is 5.84 Å². The summed E-state index contributed by atoms with van der Waals surface area (Å²) in [4.78, 5) is 3.80. The van der Waals surface area contributed by atoms with Gasteiger partial charge in [0.15, 0.2) is 0 Å². The predicted molar refractivity (Wildman–Crippen MR) is 39.9 cm³/mol. The van der Waals surface area contributed by atoms with E-state index in [1.807, 2.05) is 6.92 Å².